The van der Waals surface area contributed by atoms with Crippen LogP contribution in [0.3, 0.4) is 0 Å². The fraction of sp³-hybridized carbons (Fsp3) is 0.500. The highest BCUT2D eigenvalue weighted by atomic mass is 16.5. The molecule has 0 fully saturated rings. The van der Waals surface area contributed by atoms with Gasteiger partial charge in [0.25, 0.3) is 0 Å². The first-order valence-corrected chi connectivity index (χ1v) is 11.9. The Hall–Kier alpha value is -2.30. The predicted molar refractivity (Wildman–Crippen MR) is 137 cm³/mol. The van der Waals surface area contributed by atoms with Gasteiger partial charge in [-0.3, -0.25) is 0 Å². The van der Waals surface area contributed by atoms with Gasteiger partial charge in [0.2, 0.25) is 0 Å². The Kier molecular flexibility index (Phi) is 10.8. The fourth-order valence-electron chi connectivity index (χ4n) is 3.18. The molecule has 2 aromatic carbocycles. The number of hydrogen-bond acceptors (Lipinski definition) is 4. The van der Waals surface area contributed by atoms with Gasteiger partial charge in [0.05, 0.1) is 13.2 Å². The molecule has 0 aliphatic heterocycles. The van der Waals surface area contributed by atoms with E-state index in [4.69, 9.17) is 15.2 Å². The highest BCUT2D eigenvalue weighted by molar-refractivity contribution is 5.71. The molecule has 0 aromatic heterocycles. The second kappa shape index (κ2) is 13.3. The molecule has 0 spiro atoms. The van der Waals surface area contributed by atoms with Crippen LogP contribution >= 0.6 is 0 Å². The number of ether oxygens (including phenoxy) is 2. The standard InChI is InChI=1S/C28H42N2O2/c1-22(2)21-32-27-19-24(9-8-23-10-12-25(13-11-23)28(3,4)5)18-26(20-27)31-17-7-6-15-30-16-14-29/h8-13,18-20,22,30H,6-7,14-17,21,29H2,1-5H3/b9-8+. The van der Waals surface area contributed by atoms with E-state index in [0.717, 1.165) is 43.0 Å². The van der Waals surface area contributed by atoms with E-state index in [1.54, 1.807) is 0 Å². The van der Waals surface area contributed by atoms with Crippen molar-refractivity contribution in [2.45, 2.75) is 52.9 Å². The molecule has 4 nitrogen and oxygen atoms in total. The van der Waals surface area contributed by atoms with Crippen molar-refractivity contribution in [2.75, 3.05) is 32.8 Å². The molecule has 2 rings (SSSR count). The van der Waals surface area contributed by atoms with Crippen molar-refractivity contribution in [1.29, 1.82) is 0 Å². The minimum absolute atomic E-state index is 0.164. The average molecular weight is 439 g/mol. The minimum atomic E-state index is 0.164. The summed E-state index contributed by atoms with van der Waals surface area (Å²) >= 11 is 0. The average Bonchev–Trinajstić information content (AvgIpc) is 2.75. The lowest BCUT2D eigenvalue weighted by Gasteiger charge is -2.18. The first-order chi connectivity index (χ1) is 15.3. The van der Waals surface area contributed by atoms with Crippen molar-refractivity contribution in [2.24, 2.45) is 11.7 Å². The van der Waals surface area contributed by atoms with Crippen LogP contribution in [0.15, 0.2) is 42.5 Å². The summed E-state index contributed by atoms with van der Waals surface area (Å²) in [6.07, 6.45) is 6.33. The number of nitrogens with two attached hydrogens (primary N) is 1. The summed E-state index contributed by atoms with van der Waals surface area (Å²) in [5.74, 6) is 2.17. The first kappa shape index (κ1) is 26.0. The summed E-state index contributed by atoms with van der Waals surface area (Å²) < 4.78 is 12.0. The van der Waals surface area contributed by atoms with Gasteiger partial charge in [-0.25, -0.2) is 0 Å². The maximum atomic E-state index is 6.04. The van der Waals surface area contributed by atoms with E-state index in [2.05, 4.69) is 88.5 Å². The number of rotatable bonds is 13. The van der Waals surface area contributed by atoms with Crippen molar-refractivity contribution in [3.8, 4) is 11.5 Å². The normalized spacial score (nSPS) is 12.0. The second-order valence-corrected chi connectivity index (χ2v) is 9.74. The molecule has 0 atom stereocenters. The Morgan fingerprint density at radius 3 is 2.16 bits per heavy atom. The smallest absolute Gasteiger partial charge is 0.123 e. The van der Waals surface area contributed by atoms with E-state index in [1.807, 2.05) is 6.07 Å². The summed E-state index contributed by atoms with van der Waals surface area (Å²) in [6.45, 7) is 14.9. The fourth-order valence-corrected chi connectivity index (χ4v) is 3.18. The number of unbranched alkanes of at least 4 members (excludes halogenated alkanes) is 1. The molecule has 0 unspecified atom stereocenters. The third kappa shape index (κ3) is 9.88. The zero-order valence-corrected chi connectivity index (χ0v) is 20.6. The van der Waals surface area contributed by atoms with Crippen LogP contribution in [0.2, 0.25) is 0 Å². The van der Waals surface area contributed by atoms with Crippen LogP contribution in [0, 0.1) is 5.92 Å². The van der Waals surface area contributed by atoms with Crippen molar-refractivity contribution >= 4 is 12.2 Å². The summed E-state index contributed by atoms with van der Waals surface area (Å²) in [5.41, 5.74) is 9.26. The summed E-state index contributed by atoms with van der Waals surface area (Å²) in [7, 11) is 0. The van der Waals surface area contributed by atoms with E-state index in [9.17, 15) is 0 Å². The van der Waals surface area contributed by atoms with Gasteiger partial charge >= 0.3 is 0 Å². The maximum absolute atomic E-state index is 6.04. The van der Waals surface area contributed by atoms with Crippen molar-refractivity contribution in [1.82, 2.24) is 5.32 Å². The minimum Gasteiger partial charge on any atom is -0.493 e. The molecule has 0 saturated carbocycles. The van der Waals surface area contributed by atoms with E-state index in [0.29, 0.717) is 25.7 Å². The van der Waals surface area contributed by atoms with Crippen LogP contribution in [0.5, 0.6) is 11.5 Å². The predicted octanol–water partition coefficient (Wildman–Crippen LogP) is 5.90. The highest BCUT2D eigenvalue weighted by Crippen LogP contribution is 2.26. The molecule has 2 aromatic rings. The molecule has 0 amide bonds. The third-order valence-electron chi connectivity index (χ3n) is 5.07. The van der Waals surface area contributed by atoms with Gasteiger partial charge in [-0.05, 0) is 59.5 Å². The summed E-state index contributed by atoms with van der Waals surface area (Å²) in [6, 6.07) is 14.9. The molecule has 0 aliphatic rings. The number of nitrogens with one attached hydrogen (secondary N) is 1. The lowest BCUT2D eigenvalue weighted by Crippen LogP contribution is -2.23. The topological polar surface area (TPSA) is 56.5 Å². The van der Waals surface area contributed by atoms with Gasteiger partial charge in [-0.15, -0.1) is 0 Å². The molecule has 4 heteroatoms. The Morgan fingerprint density at radius 1 is 0.875 bits per heavy atom. The van der Waals surface area contributed by atoms with E-state index < -0.39 is 0 Å². The Balaban J connectivity index is 2.04. The molecule has 32 heavy (non-hydrogen) atoms. The maximum Gasteiger partial charge on any atom is 0.123 e. The Bertz CT molecular complexity index is 820. The van der Waals surface area contributed by atoms with Gasteiger partial charge in [0.1, 0.15) is 11.5 Å². The van der Waals surface area contributed by atoms with Crippen molar-refractivity contribution in [3.63, 3.8) is 0 Å². The van der Waals surface area contributed by atoms with Crippen LogP contribution in [-0.4, -0.2) is 32.8 Å². The molecule has 0 radical (unpaired) electrons. The SMILES string of the molecule is CC(C)COc1cc(/C=C/c2ccc(C(C)(C)C)cc2)cc(OCCCCNCCN)c1. The largest absolute Gasteiger partial charge is 0.493 e. The molecule has 0 bridgehead atoms. The van der Waals surface area contributed by atoms with Crippen LogP contribution < -0.4 is 20.5 Å². The molecule has 0 heterocycles. The van der Waals surface area contributed by atoms with E-state index in [1.165, 1.54) is 11.1 Å². The van der Waals surface area contributed by atoms with Gasteiger partial charge in [-0.1, -0.05) is 71.0 Å². The molecular formula is C28H42N2O2. The van der Waals surface area contributed by atoms with Crippen molar-refractivity contribution in [3.05, 3.63) is 59.2 Å². The van der Waals surface area contributed by atoms with Crippen LogP contribution in [0.4, 0.5) is 0 Å². The molecule has 176 valence electrons. The number of hydrogen-bond donors (Lipinski definition) is 2. The van der Waals surface area contributed by atoms with Crippen molar-refractivity contribution < 1.29 is 9.47 Å². The van der Waals surface area contributed by atoms with Crippen LogP contribution in [-0.2, 0) is 5.41 Å². The number of benzene rings is 2. The molecule has 3 N–H and O–H groups in total. The quantitative estimate of drug-likeness (QED) is 0.302. The van der Waals surface area contributed by atoms with Gasteiger partial charge in [0, 0.05) is 19.2 Å². The molecule has 0 saturated heterocycles. The monoisotopic (exact) mass is 438 g/mol. The van der Waals surface area contributed by atoms with Gasteiger partial charge in [-0.2, -0.15) is 0 Å². The zero-order valence-electron chi connectivity index (χ0n) is 20.6. The molecular weight excluding hydrogens is 396 g/mol. The Morgan fingerprint density at radius 2 is 1.53 bits per heavy atom. The zero-order chi connectivity index (χ0) is 23.4. The summed E-state index contributed by atoms with van der Waals surface area (Å²) in [4.78, 5) is 0. The second-order valence-electron chi connectivity index (χ2n) is 9.74. The highest BCUT2D eigenvalue weighted by Gasteiger charge is 2.12. The van der Waals surface area contributed by atoms with Gasteiger partial charge in [0.15, 0.2) is 0 Å². The van der Waals surface area contributed by atoms with E-state index in [-0.39, 0.29) is 5.41 Å². The van der Waals surface area contributed by atoms with Crippen LogP contribution in [0.25, 0.3) is 12.2 Å². The summed E-state index contributed by atoms with van der Waals surface area (Å²) in [5, 5.41) is 3.31. The third-order valence-corrected chi connectivity index (χ3v) is 5.07. The van der Waals surface area contributed by atoms with Gasteiger partial charge < -0.3 is 20.5 Å². The lowest BCUT2D eigenvalue weighted by molar-refractivity contribution is 0.266. The molecule has 0 aliphatic carbocycles. The Labute approximate surface area is 195 Å². The lowest BCUT2D eigenvalue weighted by atomic mass is 9.87. The van der Waals surface area contributed by atoms with Crippen LogP contribution in [0.1, 0.15) is 64.2 Å². The first-order valence-electron chi connectivity index (χ1n) is 11.9. The van der Waals surface area contributed by atoms with E-state index >= 15 is 0 Å².